The van der Waals surface area contributed by atoms with Crippen LogP contribution in [0.2, 0.25) is 0 Å². The lowest BCUT2D eigenvalue weighted by Crippen LogP contribution is -2.43. The summed E-state index contributed by atoms with van der Waals surface area (Å²) in [7, 11) is -3.95. The van der Waals surface area contributed by atoms with Gasteiger partial charge in [-0.05, 0) is 42.2 Å². The van der Waals surface area contributed by atoms with E-state index in [1.807, 2.05) is 41.3 Å². The Labute approximate surface area is 323 Å². The summed E-state index contributed by atoms with van der Waals surface area (Å²) in [5.41, 5.74) is 3.31. The van der Waals surface area contributed by atoms with Crippen LogP contribution in [0.15, 0.2) is 96.2 Å². The van der Waals surface area contributed by atoms with Crippen LogP contribution in [-0.4, -0.2) is 106 Å². The molecule has 1 saturated carbocycles. The number of nitrogens with one attached hydrogen (secondary N) is 4. The molecule has 294 valence electrons. The predicted molar refractivity (Wildman–Crippen MR) is 208 cm³/mol. The van der Waals surface area contributed by atoms with E-state index in [1.165, 1.54) is 18.2 Å². The zero-order valence-electron chi connectivity index (χ0n) is 30.3. The van der Waals surface area contributed by atoms with E-state index in [2.05, 4.69) is 50.5 Å². The van der Waals surface area contributed by atoms with Crippen molar-refractivity contribution in [3.8, 4) is 0 Å². The SMILES string of the molecule is NS(=O)(=O)c1cccc(NC(=O)NC2CCN(c3nc(NCC(c4ccccc4)c4ccccc4)c4ncn([C@@H]5C[C@H](NC(=O)CCO)[C@@H](O)[C@H]5O)c4n3)C2)c1. The molecule has 2 aromatic heterocycles. The van der Waals surface area contributed by atoms with Crippen molar-refractivity contribution < 1.29 is 33.3 Å². The second kappa shape index (κ2) is 16.6. The minimum atomic E-state index is -3.95. The number of hydrogen-bond donors (Lipinski definition) is 8. The number of fused-ring (bicyclic) bond motifs is 1. The zero-order valence-corrected chi connectivity index (χ0v) is 31.1. The fraction of sp³-hybridized carbons (Fsp3) is 0.342. The molecule has 2 fully saturated rings. The Morgan fingerprint density at radius 2 is 1.64 bits per heavy atom. The number of nitrogens with zero attached hydrogens (tertiary/aromatic N) is 5. The molecular formula is C38H44N10O7S. The fourth-order valence-corrected chi connectivity index (χ4v) is 7.94. The molecule has 3 aromatic carbocycles. The first kappa shape index (κ1) is 38.6. The molecule has 1 saturated heterocycles. The summed E-state index contributed by atoms with van der Waals surface area (Å²) in [5.74, 6) is 0.312. The van der Waals surface area contributed by atoms with Crippen molar-refractivity contribution in [2.75, 3.05) is 41.8 Å². The van der Waals surface area contributed by atoms with Crippen LogP contribution in [0.1, 0.15) is 42.3 Å². The first-order valence-corrected chi connectivity index (χ1v) is 19.8. The van der Waals surface area contributed by atoms with Crippen molar-refractivity contribution in [3.05, 3.63) is 102 Å². The van der Waals surface area contributed by atoms with Crippen LogP contribution in [0, 0.1) is 0 Å². The van der Waals surface area contributed by atoms with Crippen molar-refractivity contribution in [1.29, 1.82) is 0 Å². The van der Waals surface area contributed by atoms with E-state index in [0.717, 1.165) is 11.1 Å². The molecule has 0 bridgehead atoms. The highest BCUT2D eigenvalue weighted by molar-refractivity contribution is 7.89. The lowest BCUT2D eigenvalue weighted by Gasteiger charge is -2.22. The number of anilines is 3. The number of urea groups is 1. The van der Waals surface area contributed by atoms with Gasteiger partial charge in [-0.2, -0.15) is 9.97 Å². The van der Waals surface area contributed by atoms with Gasteiger partial charge in [0.25, 0.3) is 0 Å². The van der Waals surface area contributed by atoms with E-state index < -0.39 is 46.3 Å². The Balaban J connectivity index is 1.16. The van der Waals surface area contributed by atoms with Crippen LogP contribution in [-0.2, 0) is 14.8 Å². The fourth-order valence-electron chi connectivity index (χ4n) is 7.38. The maximum atomic E-state index is 13.0. The minimum absolute atomic E-state index is 0.0485. The first-order chi connectivity index (χ1) is 27.0. The van der Waals surface area contributed by atoms with Crippen molar-refractivity contribution in [3.63, 3.8) is 0 Å². The molecule has 5 aromatic rings. The van der Waals surface area contributed by atoms with E-state index in [4.69, 9.17) is 15.1 Å². The highest BCUT2D eigenvalue weighted by atomic mass is 32.2. The van der Waals surface area contributed by atoms with E-state index in [9.17, 15) is 33.3 Å². The Morgan fingerprint density at radius 1 is 0.929 bits per heavy atom. The number of benzene rings is 3. The third kappa shape index (κ3) is 8.58. The number of amides is 3. The van der Waals surface area contributed by atoms with Gasteiger partial charge in [0, 0.05) is 43.7 Å². The summed E-state index contributed by atoms with van der Waals surface area (Å²) in [6.07, 6.45) is -0.372. The number of carbonyl (C=O) groups is 2. The van der Waals surface area contributed by atoms with Crippen molar-refractivity contribution in [1.82, 2.24) is 30.2 Å². The standard InChI is InChI=1S/C38H44N10O7S/c39-56(54,55)27-13-7-12-25(18-27)42-38(53)43-26-14-16-47(21-26)37-45-35(40-20-28(23-8-3-1-4-9-23)24-10-5-2-6-11-24)32-36(46-37)48(22-41-32)30-19-29(33(51)34(30)52)44-31(50)15-17-49/h1-13,18,22,26,28-30,33-34,49,51-52H,14-17,19-21H2,(H,44,50)(H2,39,54,55)(H,40,45,46)(H2,42,43,53)/t26?,29-,30+,33+,34-/m0/s1. The lowest BCUT2D eigenvalue weighted by atomic mass is 9.91. The van der Waals surface area contributed by atoms with E-state index in [0.29, 0.717) is 49.0 Å². The molecule has 7 rings (SSSR count). The number of aromatic nitrogens is 4. The summed E-state index contributed by atoms with van der Waals surface area (Å²) in [6.45, 7) is 0.951. The second-order valence-electron chi connectivity index (χ2n) is 14.0. The summed E-state index contributed by atoms with van der Waals surface area (Å²) in [5, 5.41) is 48.4. The number of nitrogens with two attached hydrogens (primary N) is 1. The average Bonchev–Trinajstić information content (AvgIpc) is 3.90. The quantitative estimate of drug-likeness (QED) is 0.0849. The summed E-state index contributed by atoms with van der Waals surface area (Å²) in [6, 6.07) is 23.6. The molecule has 0 spiro atoms. The van der Waals surface area contributed by atoms with Gasteiger partial charge in [0.15, 0.2) is 17.0 Å². The van der Waals surface area contributed by atoms with Gasteiger partial charge >= 0.3 is 6.03 Å². The molecule has 56 heavy (non-hydrogen) atoms. The van der Waals surface area contributed by atoms with Gasteiger partial charge in [0.05, 0.1) is 29.9 Å². The Morgan fingerprint density at radius 3 is 2.32 bits per heavy atom. The highest BCUT2D eigenvalue weighted by Crippen LogP contribution is 2.35. The first-order valence-electron chi connectivity index (χ1n) is 18.3. The highest BCUT2D eigenvalue weighted by Gasteiger charge is 2.44. The molecule has 18 heteroatoms. The van der Waals surface area contributed by atoms with E-state index in [1.54, 1.807) is 17.0 Å². The molecule has 5 atom stereocenters. The van der Waals surface area contributed by atoms with Crippen LogP contribution < -0.4 is 31.3 Å². The smallest absolute Gasteiger partial charge is 0.319 e. The predicted octanol–water partition coefficient (Wildman–Crippen LogP) is 1.65. The number of primary sulfonamides is 1. The van der Waals surface area contributed by atoms with Gasteiger partial charge in [-0.3, -0.25) is 4.79 Å². The molecule has 9 N–H and O–H groups in total. The van der Waals surface area contributed by atoms with Crippen LogP contribution in [0.25, 0.3) is 11.2 Å². The number of aliphatic hydroxyl groups is 3. The van der Waals surface area contributed by atoms with Gasteiger partial charge < -0.3 is 46.1 Å². The van der Waals surface area contributed by atoms with Gasteiger partial charge in [-0.1, -0.05) is 66.7 Å². The normalized spacial score (nSPS) is 21.0. The number of rotatable bonds is 13. The summed E-state index contributed by atoms with van der Waals surface area (Å²) >= 11 is 0. The van der Waals surface area contributed by atoms with E-state index >= 15 is 0 Å². The van der Waals surface area contributed by atoms with Crippen molar-refractivity contribution in [2.45, 2.75) is 60.4 Å². The van der Waals surface area contributed by atoms with Gasteiger partial charge in [0.2, 0.25) is 21.9 Å². The van der Waals surface area contributed by atoms with Gasteiger partial charge in [-0.25, -0.2) is 23.3 Å². The number of carbonyl (C=O) groups excluding carboxylic acids is 2. The molecule has 1 aliphatic heterocycles. The molecule has 17 nitrogen and oxygen atoms in total. The largest absolute Gasteiger partial charge is 0.396 e. The zero-order chi connectivity index (χ0) is 39.4. The van der Waals surface area contributed by atoms with Crippen LogP contribution in [0.3, 0.4) is 0 Å². The van der Waals surface area contributed by atoms with Gasteiger partial charge in [0.1, 0.15) is 12.2 Å². The maximum Gasteiger partial charge on any atom is 0.319 e. The minimum Gasteiger partial charge on any atom is -0.396 e. The molecule has 3 amide bonds. The van der Waals surface area contributed by atoms with E-state index in [-0.39, 0.29) is 42.0 Å². The average molecular weight is 785 g/mol. The number of hydrogen-bond acceptors (Lipinski definition) is 12. The topological polar surface area (TPSA) is 250 Å². The number of sulfonamides is 1. The number of aliphatic hydroxyl groups excluding tert-OH is 3. The maximum absolute atomic E-state index is 13.0. The van der Waals surface area contributed by atoms with Crippen molar-refractivity contribution >= 4 is 50.6 Å². The third-order valence-electron chi connectivity index (χ3n) is 10.2. The molecular weight excluding hydrogens is 741 g/mol. The molecule has 1 unspecified atom stereocenters. The lowest BCUT2D eigenvalue weighted by molar-refractivity contribution is -0.123. The number of imidazole rings is 1. The molecule has 1 aliphatic carbocycles. The Bertz CT molecular complexity index is 2240. The monoisotopic (exact) mass is 784 g/mol. The molecule has 2 aliphatic rings. The summed E-state index contributed by atoms with van der Waals surface area (Å²) in [4.78, 5) is 41.6. The van der Waals surface area contributed by atoms with Gasteiger partial charge in [-0.15, -0.1) is 0 Å². The van der Waals surface area contributed by atoms with Crippen LogP contribution in [0.4, 0.5) is 22.2 Å². The molecule has 0 radical (unpaired) electrons. The van der Waals surface area contributed by atoms with Crippen molar-refractivity contribution in [2.24, 2.45) is 5.14 Å². The van der Waals surface area contributed by atoms with Crippen LogP contribution >= 0.6 is 0 Å². The third-order valence-corrected chi connectivity index (χ3v) is 11.1. The Kier molecular flexibility index (Phi) is 11.4. The second-order valence-corrected chi connectivity index (χ2v) is 15.5. The molecule has 3 heterocycles. The Hall–Kier alpha value is -5.66. The van der Waals surface area contributed by atoms with Crippen LogP contribution in [0.5, 0.6) is 0 Å². The summed E-state index contributed by atoms with van der Waals surface area (Å²) < 4.78 is 25.3.